The average Bonchev–Trinajstić information content (AvgIpc) is 2.48. The Morgan fingerprint density at radius 1 is 1.58 bits per heavy atom. The summed E-state index contributed by atoms with van der Waals surface area (Å²) in [5.41, 5.74) is 0. The summed E-state index contributed by atoms with van der Waals surface area (Å²) in [5, 5.41) is 7.48. The van der Waals surface area contributed by atoms with Crippen molar-refractivity contribution < 1.29 is 4.42 Å². The molecule has 0 bridgehead atoms. The number of alkyl halides is 1. The van der Waals surface area contributed by atoms with Crippen molar-refractivity contribution >= 4 is 23.4 Å². The lowest BCUT2D eigenvalue weighted by molar-refractivity contribution is 0.455. The summed E-state index contributed by atoms with van der Waals surface area (Å²) in [6.45, 7) is 1.81. The molecule has 1 atom stereocenters. The Labute approximate surface area is 80.9 Å². The molecule has 3 nitrogen and oxygen atoms in total. The minimum Gasteiger partial charge on any atom is -0.424 e. The van der Waals surface area contributed by atoms with E-state index >= 15 is 0 Å². The summed E-state index contributed by atoms with van der Waals surface area (Å²) in [6.07, 6.45) is 2.86. The molecule has 0 aliphatic rings. The predicted molar refractivity (Wildman–Crippen MR) is 50.7 cm³/mol. The molecule has 0 amide bonds. The second-order valence-electron chi connectivity index (χ2n) is 2.39. The van der Waals surface area contributed by atoms with Crippen LogP contribution in [0.15, 0.2) is 4.42 Å². The van der Waals surface area contributed by atoms with E-state index in [-0.39, 0.29) is 5.38 Å². The summed E-state index contributed by atoms with van der Waals surface area (Å²) >= 11 is 7.50. The van der Waals surface area contributed by atoms with Crippen LogP contribution in [0.4, 0.5) is 0 Å². The average molecular weight is 207 g/mol. The Kier molecular flexibility index (Phi) is 3.88. The number of halogens is 1. The van der Waals surface area contributed by atoms with Gasteiger partial charge >= 0.3 is 0 Å². The molecule has 1 aromatic heterocycles. The van der Waals surface area contributed by atoms with Gasteiger partial charge in [-0.2, -0.15) is 11.8 Å². The minimum absolute atomic E-state index is 0.194. The molecule has 68 valence electrons. The molecule has 1 unspecified atom stereocenters. The third-order valence-electron chi connectivity index (χ3n) is 1.34. The first-order valence-corrected chi connectivity index (χ1v) is 5.52. The van der Waals surface area contributed by atoms with Crippen LogP contribution in [-0.4, -0.2) is 22.2 Å². The van der Waals surface area contributed by atoms with Crippen molar-refractivity contribution in [3.05, 3.63) is 11.8 Å². The molecule has 0 aliphatic carbocycles. The first-order chi connectivity index (χ1) is 5.74. The predicted octanol–water partition coefficient (Wildman–Crippen LogP) is 2.27. The van der Waals surface area contributed by atoms with E-state index < -0.39 is 0 Å². The Morgan fingerprint density at radius 2 is 2.33 bits per heavy atom. The highest BCUT2D eigenvalue weighted by Crippen LogP contribution is 2.17. The van der Waals surface area contributed by atoms with E-state index in [4.69, 9.17) is 16.0 Å². The summed E-state index contributed by atoms with van der Waals surface area (Å²) < 4.78 is 5.28. The van der Waals surface area contributed by atoms with Gasteiger partial charge < -0.3 is 4.42 Å². The first kappa shape index (κ1) is 9.86. The second kappa shape index (κ2) is 4.72. The van der Waals surface area contributed by atoms with E-state index in [1.54, 1.807) is 11.8 Å². The normalized spacial score (nSPS) is 13.2. The van der Waals surface area contributed by atoms with Crippen molar-refractivity contribution in [3.63, 3.8) is 0 Å². The molecular formula is C7H11ClN2OS. The molecule has 0 fully saturated rings. The molecule has 1 heterocycles. The lowest BCUT2D eigenvalue weighted by atomic mass is 10.5. The van der Waals surface area contributed by atoms with Crippen LogP contribution in [0.1, 0.15) is 24.1 Å². The molecule has 5 heteroatoms. The van der Waals surface area contributed by atoms with Crippen LogP contribution in [-0.2, 0) is 6.42 Å². The first-order valence-electron chi connectivity index (χ1n) is 3.69. The standard InChI is InChI=1S/C7H11ClN2OS/c1-5(8)7-10-9-6(11-7)3-4-12-2/h5H,3-4H2,1-2H3. The van der Waals surface area contributed by atoms with Gasteiger partial charge in [-0.3, -0.25) is 0 Å². The number of hydrogen-bond donors (Lipinski definition) is 0. The largest absolute Gasteiger partial charge is 0.424 e. The zero-order valence-corrected chi connectivity index (χ0v) is 8.65. The van der Waals surface area contributed by atoms with Gasteiger partial charge in [0.1, 0.15) is 5.38 Å². The fourth-order valence-electron chi connectivity index (χ4n) is 0.718. The van der Waals surface area contributed by atoms with Crippen molar-refractivity contribution in [1.29, 1.82) is 0 Å². The highest BCUT2D eigenvalue weighted by Gasteiger charge is 2.09. The molecule has 1 rings (SSSR count). The maximum Gasteiger partial charge on any atom is 0.234 e. The summed E-state index contributed by atoms with van der Waals surface area (Å²) in [7, 11) is 0. The van der Waals surface area contributed by atoms with Gasteiger partial charge in [-0.1, -0.05) is 0 Å². The zero-order chi connectivity index (χ0) is 8.97. The highest BCUT2D eigenvalue weighted by atomic mass is 35.5. The molecule has 0 aliphatic heterocycles. The van der Waals surface area contributed by atoms with Crippen LogP contribution in [0.5, 0.6) is 0 Å². The molecule has 0 spiro atoms. The molecule has 12 heavy (non-hydrogen) atoms. The van der Waals surface area contributed by atoms with Crippen LogP contribution < -0.4 is 0 Å². The van der Waals surface area contributed by atoms with Crippen molar-refractivity contribution in [2.24, 2.45) is 0 Å². The monoisotopic (exact) mass is 206 g/mol. The second-order valence-corrected chi connectivity index (χ2v) is 4.03. The SMILES string of the molecule is CSCCc1nnc(C(C)Cl)o1. The fraction of sp³-hybridized carbons (Fsp3) is 0.714. The van der Waals surface area contributed by atoms with E-state index in [9.17, 15) is 0 Å². The van der Waals surface area contributed by atoms with Crippen LogP contribution in [0.25, 0.3) is 0 Å². The Morgan fingerprint density at radius 3 is 2.83 bits per heavy atom. The summed E-state index contributed by atoms with van der Waals surface area (Å²) in [6, 6.07) is 0. The van der Waals surface area contributed by atoms with Gasteiger partial charge in [-0.25, -0.2) is 0 Å². The number of nitrogens with zero attached hydrogens (tertiary/aromatic N) is 2. The van der Waals surface area contributed by atoms with Gasteiger partial charge in [0.05, 0.1) is 0 Å². The number of hydrogen-bond acceptors (Lipinski definition) is 4. The van der Waals surface area contributed by atoms with Crippen molar-refractivity contribution in [1.82, 2.24) is 10.2 Å². The van der Waals surface area contributed by atoms with E-state index in [0.717, 1.165) is 12.2 Å². The Hall–Kier alpha value is -0.220. The van der Waals surface area contributed by atoms with E-state index in [0.29, 0.717) is 11.8 Å². The Balaban J connectivity index is 2.52. The van der Waals surface area contributed by atoms with Gasteiger partial charge in [0.15, 0.2) is 0 Å². The maximum absolute atomic E-state index is 5.75. The number of aryl methyl sites for hydroxylation is 1. The quantitative estimate of drug-likeness (QED) is 0.709. The molecular weight excluding hydrogens is 196 g/mol. The van der Waals surface area contributed by atoms with Crippen molar-refractivity contribution in [2.75, 3.05) is 12.0 Å². The highest BCUT2D eigenvalue weighted by molar-refractivity contribution is 7.98. The van der Waals surface area contributed by atoms with Crippen LogP contribution >= 0.6 is 23.4 Å². The van der Waals surface area contributed by atoms with Gasteiger partial charge in [0.2, 0.25) is 11.8 Å². The molecule has 0 radical (unpaired) electrons. The molecule has 0 N–H and O–H groups in total. The van der Waals surface area contributed by atoms with Crippen molar-refractivity contribution in [3.8, 4) is 0 Å². The number of aromatic nitrogens is 2. The van der Waals surface area contributed by atoms with Crippen molar-refractivity contribution in [2.45, 2.75) is 18.7 Å². The summed E-state index contributed by atoms with van der Waals surface area (Å²) in [4.78, 5) is 0. The molecule has 1 aromatic rings. The fourth-order valence-corrected chi connectivity index (χ4v) is 1.18. The van der Waals surface area contributed by atoms with Crippen LogP contribution in [0.3, 0.4) is 0 Å². The van der Waals surface area contributed by atoms with E-state index in [2.05, 4.69) is 10.2 Å². The van der Waals surface area contributed by atoms with E-state index in [1.807, 2.05) is 13.2 Å². The Bertz CT molecular complexity index is 239. The lowest BCUT2D eigenvalue weighted by Gasteiger charge is -1.92. The number of rotatable bonds is 4. The zero-order valence-electron chi connectivity index (χ0n) is 7.08. The van der Waals surface area contributed by atoms with Gasteiger partial charge in [0.25, 0.3) is 0 Å². The van der Waals surface area contributed by atoms with Gasteiger partial charge in [-0.15, -0.1) is 21.8 Å². The molecule has 0 aromatic carbocycles. The third kappa shape index (κ3) is 2.68. The maximum atomic E-state index is 5.75. The van der Waals surface area contributed by atoms with Crippen LogP contribution in [0, 0.1) is 0 Å². The van der Waals surface area contributed by atoms with Gasteiger partial charge in [-0.05, 0) is 13.2 Å². The third-order valence-corrected chi connectivity index (χ3v) is 2.14. The minimum atomic E-state index is -0.194. The van der Waals surface area contributed by atoms with E-state index in [1.165, 1.54) is 0 Å². The van der Waals surface area contributed by atoms with Crippen LogP contribution in [0.2, 0.25) is 0 Å². The number of thioether (sulfide) groups is 1. The van der Waals surface area contributed by atoms with Gasteiger partial charge in [0, 0.05) is 12.2 Å². The molecule has 0 saturated carbocycles. The smallest absolute Gasteiger partial charge is 0.234 e. The lowest BCUT2D eigenvalue weighted by Crippen LogP contribution is -1.86. The summed E-state index contributed by atoms with van der Waals surface area (Å²) in [5.74, 6) is 2.18. The topological polar surface area (TPSA) is 38.9 Å². The molecule has 0 saturated heterocycles.